The predicted octanol–water partition coefficient (Wildman–Crippen LogP) is 3.76. The van der Waals surface area contributed by atoms with Gasteiger partial charge < -0.3 is 5.32 Å². The van der Waals surface area contributed by atoms with Crippen LogP contribution in [-0.4, -0.2) is 5.91 Å². The van der Waals surface area contributed by atoms with Gasteiger partial charge in [-0.15, -0.1) is 11.3 Å². The Morgan fingerprint density at radius 2 is 1.94 bits per heavy atom. The van der Waals surface area contributed by atoms with Crippen LogP contribution in [0.3, 0.4) is 0 Å². The quantitative estimate of drug-likeness (QED) is 0.891. The maximum absolute atomic E-state index is 11.7. The molecule has 18 heavy (non-hydrogen) atoms. The first-order valence-corrected chi connectivity index (χ1v) is 7.40. The molecule has 0 atom stereocenters. The molecule has 1 aromatic heterocycles. The van der Waals surface area contributed by atoms with Gasteiger partial charge in [0.05, 0.1) is 10.3 Å². The van der Waals surface area contributed by atoms with Crippen molar-refractivity contribution in [3.63, 3.8) is 0 Å². The van der Waals surface area contributed by atoms with Gasteiger partial charge in [0.25, 0.3) is 0 Å². The second kappa shape index (κ2) is 6.71. The van der Waals surface area contributed by atoms with Crippen LogP contribution in [0.1, 0.15) is 16.9 Å². The van der Waals surface area contributed by atoms with Gasteiger partial charge in [-0.05, 0) is 40.0 Å². The lowest BCUT2D eigenvalue weighted by atomic mass is 10.1. The summed E-state index contributed by atoms with van der Waals surface area (Å²) in [5, 5.41) is 2.93. The van der Waals surface area contributed by atoms with Crippen LogP contribution in [0, 0.1) is 0 Å². The van der Waals surface area contributed by atoms with E-state index in [1.807, 2.05) is 42.5 Å². The monoisotopic (exact) mass is 323 g/mol. The van der Waals surface area contributed by atoms with Gasteiger partial charge in [-0.3, -0.25) is 4.79 Å². The van der Waals surface area contributed by atoms with E-state index in [0.29, 0.717) is 13.0 Å². The highest BCUT2D eigenvalue weighted by Gasteiger charge is 2.03. The van der Waals surface area contributed by atoms with E-state index in [0.717, 1.165) is 15.1 Å². The molecule has 0 spiro atoms. The number of nitrogens with one attached hydrogen (secondary N) is 1. The predicted molar refractivity (Wildman–Crippen MR) is 78.6 cm³/mol. The molecule has 0 saturated heterocycles. The fraction of sp³-hybridized carbons (Fsp3) is 0.214. The van der Waals surface area contributed by atoms with Crippen LogP contribution in [0.2, 0.25) is 0 Å². The number of hydrogen-bond acceptors (Lipinski definition) is 2. The molecule has 2 aromatic rings. The summed E-state index contributed by atoms with van der Waals surface area (Å²) in [5.74, 6) is 0.100. The first-order valence-electron chi connectivity index (χ1n) is 5.79. The number of halogens is 1. The molecule has 0 fully saturated rings. The third-order valence-electron chi connectivity index (χ3n) is 2.57. The summed E-state index contributed by atoms with van der Waals surface area (Å²) in [6.07, 6.45) is 1.33. The van der Waals surface area contributed by atoms with Crippen LogP contribution in [0.15, 0.2) is 46.3 Å². The summed E-state index contributed by atoms with van der Waals surface area (Å²) in [7, 11) is 0. The Hall–Kier alpha value is -1.13. The minimum atomic E-state index is 0.100. The van der Waals surface area contributed by atoms with E-state index in [-0.39, 0.29) is 5.91 Å². The van der Waals surface area contributed by atoms with Crippen molar-refractivity contribution in [2.75, 3.05) is 0 Å². The van der Waals surface area contributed by atoms with Crippen molar-refractivity contribution in [2.45, 2.75) is 19.4 Å². The molecule has 0 aliphatic carbocycles. The lowest BCUT2D eigenvalue weighted by molar-refractivity contribution is -0.121. The van der Waals surface area contributed by atoms with Gasteiger partial charge in [0, 0.05) is 11.3 Å². The smallest absolute Gasteiger partial charge is 0.220 e. The average Bonchev–Trinajstić information content (AvgIpc) is 2.81. The third-order valence-corrected chi connectivity index (χ3v) is 4.20. The number of aryl methyl sites for hydroxylation is 1. The number of rotatable bonds is 5. The van der Waals surface area contributed by atoms with Gasteiger partial charge in [0.1, 0.15) is 0 Å². The van der Waals surface area contributed by atoms with Crippen molar-refractivity contribution >= 4 is 33.2 Å². The fourth-order valence-electron chi connectivity index (χ4n) is 1.62. The highest BCUT2D eigenvalue weighted by atomic mass is 79.9. The Bertz CT molecular complexity index is 510. The lowest BCUT2D eigenvalue weighted by Gasteiger charge is -2.03. The van der Waals surface area contributed by atoms with Crippen molar-refractivity contribution in [3.8, 4) is 0 Å². The number of carbonyl (C=O) groups excluding carboxylic acids is 1. The Kier molecular flexibility index (Phi) is 4.96. The summed E-state index contributed by atoms with van der Waals surface area (Å²) in [6.45, 7) is 0.615. The molecule has 0 unspecified atom stereocenters. The summed E-state index contributed by atoms with van der Waals surface area (Å²) >= 11 is 5.05. The minimum Gasteiger partial charge on any atom is -0.351 e. The van der Waals surface area contributed by atoms with Crippen LogP contribution in [0.5, 0.6) is 0 Å². The molecular weight excluding hydrogens is 310 g/mol. The Morgan fingerprint density at radius 1 is 1.17 bits per heavy atom. The Labute approximate surface area is 119 Å². The maximum Gasteiger partial charge on any atom is 0.220 e. The standard InChI is InChI=1S/C14H14BrNOS/c15-13-8-7-12(18-13)10-16-14(17)9-6-11-4-2-1-3-5-11/h1-5,7-8H,6,9-10H2,(H,16,17). The minimum absolute atomic E-state index is 0.100. The molecule has 1 amide bonds. The van der Waals surface area contributed by atoms with E-state index in [1.165, 1.54) is 5.56 Å². The number of benzene rings is 1. The average molecular weight is 324 g/mol. The molecule has 2 rings (SSSR count). The molecule has 94 valence electrons. The first-order chi connectivity index (χ1) is 8.74. The van der Waals surface area contributed by atoms with Crippen LogP contribution in [0.4, 0.5) is 0 Å². The molecule has 2 nitrogen and oxygen atoms in total. The zero-order chi connectivity index (χ0) is 12.8. The second-order valence-electron chi connectivity index (χ2n) is 3.97. The zero-order valence-electron chi connectivity index (χ0n) is 9.86. The van der Waals surface area contributed by atoms with Crippen molar-refractivity contribution in [2.24, 2.45) is 0 Å². The fourth-order valence-corrected chi connectivity index (χ4v) is 3.05. The molecule has 1 N–H and O–H groups in total. The van der Waals surface area contributed by atoms with Crippen molar-refractivity contribution in [1.29, 1.82) is 0 Å². The SMILES string of the molecule is O=C(CCc1ccccc1)NCc1ccc(Br)s1. The topological polar surface area (TPSA) is 29.1 Å². The molecule has 0 bridgehead atoms. The maximum atomic E-state index is 11.7. The Balaban J connectivity index is 1.73. The van der Waals surface area contributed by atoms with E-state index in [2.05, 4.69) is 21.2 Å². The summed E-state index contributed by atoms with van der Waals surface area (Å²) in [5.41, 5.74) is 1.20. The first kappa shape index (κ1) is 13.3. The van der Waals surface area contributed by atoms with E-state index in [1.54, 1.807) is 11.3 Å². The second-order valence-corrected chi connectivity index (χ2v) is 6.52. The molecule has 1 heterocycles. The zero-order valence-corrected chi connectivity index (χ0v) is 12.3. The largest absolute Gasteiger partial charge is 0.351 e. The van der Waals surface area contributed by atoms with Crippen molar-refractivity contribution in [1.82, 2.24) is 5.32 Å². The van der Waals surface area contributed by atoms with E-state index < -0.39 is 0 Å². The highest BCUT2D eigenvalue weighted by Crippen LogP contribution is 2.21. The molecule has 0 aliphatic rings. The van der Waals surface area contributed by atoms with Gasteiger partial charge in [-0.2, -0.15) is 0 Å². The van der Waals surface area contributed by atoms with Crippen molar-refractivity contribution < 1.29 is 4.79 Å². The van der Waals surface area contributed by atoms with Gasteiger partial charge >= 0.3 is 0 Å². The van der Waals surface area contributed by atoms with Crippen LogP contribution < -0.4 is 5.32 Å². The number of carbonyl (C=O) groups is 1. The van der Waals surface area contributed by atoms with Gasteiger partial charge in [0.15, 0.2) is 0 Å². The summed E-state index contributed by atoms with van der Waals surface area (Å²) in [6, 6.07) is 14.1. The molecule has 4 heteroatoms. The van der Waals surface area contributed by atoms with Gasteiger partial charge in [-0.25, -0.2) is 0 Å². The van der Waals surface area contributed by atoms with E-state index >= 15 is 0 Å². The highest BCUT2D eigenvalue weighted by molar-refractivity contribution is 9.11. The number of amides is 1. The summed E-state index contributed by atoms with van der Waals surface area (Å²) < 4.78 is 1.09. The van der Waals surface area contributed by atoms with E-state index in [9.17, 15) is 4.79 Å². The molecule has 0 aliphatic heterocycles. The van der Waals surface area contributed by atoms with Gasteiger partial charge in [-0.1, -0.05) is 30.3 Å². The third kappa shape index (κ3) is 4.27. The summed E-state index contributed by atoms with van der Waals surface area (Å²) in [4.78, 5) is 12.8. The van der Waals surface area contributed by atoms with Crippen LogP contribution in [0.25, 0.3) is 0 Å². The van der Waals surface area contributed by atoms with Crippen LogP contribution >= 0.6 is 27.3 Å². The van der Waals surface area contributed by atoms with Crippen LogP contribution in [-0.2, 0) is 17.8 Å². The Morgan fingerprint density at radius 3 is 2.61 bits per heavy atom. The molecule has 0 saturated carbocycles. The molecular formula is C14H14BrNOS. The number of hydrogen-bond donors (Lipinski definition) is 1. The number of thiophene rings is 1. The van der Waals surface area contributed by atoms with Crippen molar-refractivity contribution in [3.05, 3.63) is 56.7 Å². The lowest BCUT2D eigenvalue weighted by Crippen LogP contribution is -2.22. The molecule has 1 aromatic carbocycles. The van der Waals surface area contributed by atoms with Gasteiger partial charge in [0.2, 0.25) is 5.91 Å². The van der Waals surface area contributed by atoms with E-state index in [4.69, 9.17) is 0 Å². The molecule has 0 radical (unpaired) electrons. The normalized spacial score (nSPS) is 10.3.